The van der Waals surface area contributed by atoms with Gasteiger partial charge in [0.2, 0.25) is 27.6 Å². The number of anilines is 1. The van der Waals surface area contributed by atoms with Crippen LogP contribution in [-0.2, 0) is 26.1 Å². The molecule has 3 aromatic rings. The number of amides is 1. The number of methoxy groups -OCH3 is 1. The summed E-state index contributed by atoms with van der Waals surface area (Å²) in [4.78, 5) is 20.0. The van der Waals surface area contributed by atoms with E-state index in [0.717, 1.165) is 18.5 Å². The van der Waals surface area contributed by atoms with E-state index in [9.17, 15) is 13.2 Å². The fourth-order valence-electron chi connectivity index (χ4n) is 4.78. The third-order valence-electron chi connectivity index (χ3n) is 6.82. The third-order valence-corrected chi connectivity index (χ3v) is 8.95. The summed E-state index contributed by atoms with van der Waals surface area (Å²) in [6.07, 6.45) is 1.52. The van der Waals surface area contributed by atoms with Gasteiger partial charge in [-0.3, -0.25) is 9.69 Å². The molecule has 2 fully saturated rings. The van der Waals surface area contributed by atoms with Gasteiger partial charge in [0, 0.05) is 30.2 Å². The maximum Gasteiger partial charge on any atom is 0.243 e. The molecule has 1 amide bonds. The molecule has 5 rings (SSSR count). The number of halogens is 1. The SMILES string of the molecule is COc1ccc(S(=O)(=O)N2CCOCC2)cc1NC(=O)C1CCCN(Cc2nc(-c3cccc(Cl)c3)no2)C1. The Labute approximate surface area is 232 Å². The van der Waals surface area contributed by atoms with Gasteiger partial charge < -0.3 is 19.3 Å². The average Bonchev–Trinajstić information content (AvgIpc) is 3.42. The van der Waals surface area contributed by atoms with Crippen molar-refractivity contribution in [2.75, 3.05) is 51.8 Å². The quantitative estimate of drug-likeness (QED) is 0.430. The largest absolute Gasteiger partial charge is 0.495 e. The van der Waals surface area contributed by atoms with Crippen LogP contribution in [-0.4, -0.2) is 80.2 Å². The van der Waals surface area contributed by atoms with Gasteiger partial charge in [0.15, 0.2) is 0 Å². The molecule has 1 N–H and O–H groups in total. The summed E-state index contributed by atoms with van der Waals surface area (Å²) in [6, 6.07) is 11.7. The van der Waals surface area contributed by atoms with Gasteiger partial charge in [-0.15, -0.1) is 0 Å². The number of nitrogens with zero attached hydrogens (tertiary/aromatic N) is 4. The molecule has 0 spiro atoms. The number of sulfonamides is 1. The number of ether oxygens (including phenoxy) is 2. The summed E-state index contributed by atoms with van der Waals surface area (Å²) in [6.45, 7) is 2.96. The van der Waals surface area contributed by atoms with E-state index in [1.807, 2.05) is 12.1 Å². The summed E-state index contributed by atoms with van der Waals surface area (Å²) in [5.41, 5.74) is 1.08. The second-order valence-corrected chi connectivity index (χ2v) is 11.8. The molecule has 0 aliphatic carbocycles. The van der Waals surface area contributed by atoms with Crippen molar-refractivity contribution in [2.45, 2.75) is 24.3 Å². The highest BCUT2D eigenvalue weighted by Gasteiger charge is 2.30. The number of benzene rings is 2. The molecule has 1 unspecified atom stereocenters. The number of aromatic nitrogens is 2. The second-order valence-electron chi connectivity index (χ2n) is 9.46. The normalized spacial score (nSPS) is 19.1. The molecule has 208 valence electrons. The maximum absolute atomic E-state index is 13.3. The Balaban J connectivity index is 1.25. The predicted octanol–water partition coefficient (Wildman–Crippen LogP) is 3.27. The Morgan fingerprint density at radius 3 is 2.77 bits per heavy atom. The lowest BCUT2D eigenvalue weighted by Crippen LogP contribution is -2.41. The van der Waals surface area contributed by atoms with Crippen LogP contribution in [0.15, 0.2) is 51.9 Å². The minimum atomic E-state index is -3.73. The van der Waals surface area contributed by atoms with Crippen LogP contribution < -0.4 is 10.1 Å². The molecule has 0 bridgehead atoms. The standard InChI is InChI=1S/C26H30ClN5O6S/c1-36-23-8-7-21(39(34,35)32-10-12-37-13-11-32)15-22(23)28-26(33)19-5-3-9-31(16-19)17-24-29-25(30-38-24)18-4-2-6-20(27)14-18/h2,4,6-8,14-15,19H,3,5,9-13,16-17H2,1H3,(H,28,33). The minimum absolute atomic E-state index is 0.0951. The average molecular weight is 576 g/mol. The number of carbonyl (C=O) groups excluding carboxylic acids is 1. The first kappa shape index (κ1) is 27.5. The van der Waals surface area contributed by atoms with E-state index in [1.54, 1.807) is 18.2 Å². The Hall–Kier alpha value is -3.03. The molecule has 39 heavy (non-hydrogen) atoms. The zero-order valence-electron chi connectivity index (χ0n) is 21.5. The molecule has 2 aromatic carbocycles. The second kappa shape index (κ2) is 12.0. The van der Waals surface area contributed by atoms with Gasteiger partial charge in [0.25, 0.3) is 0 Å². The molecule has 2 aliphatic heterocycles. The Morgan fingerprint density at radius 1 is 1.18 bits per heavy atom. The van der Waals surface area contributed by atoms with Crippen molar-refractivity contribution >= 4 is 33.2 Å². The molecule has 13 heteroatoms. The summed E-state index contributed by atoms with van der Waals surface area (Å²) in [7, 11) is -2.25. The van der Waals surface area contributed by atoms with Gasteiger partial charge in [0.05, 0.1) is 43.4 Å². The molecular formula is C26H30ClN5O6S. The summed E-state index contributed by atoms with van der Waals surface area (Å²) >= 11 is 6.07. The zero-order valence-corrected chi connectivity index (χ0v) is 23.1. The minimum Gasteiger partial charge on any atom is -0.495 e. The molecule has 2 saturated heterocycles. The highest BCUT2D eigenvalue weighted by Crippen LogP contribution is 2.31. The Bertz CT molecular complexity index is 1430. The monoisotopic (exact) mass is 575 g/mol. The van der Waals surface area contributed by atoms with Crippen LogP contribution in [0.3, 0.4) is 0 Å². The van der Waals surface area contributed by atoms with Crippen LogP contribution in [0, 0.1) is 5.92 Å². The van der Waals surface area contributed by atoms with Gasteiger partial charge in [-0.05, 0) is 49.7 Å². The number of hydrogen-bond acceptors (Lipinski definition) is 9. The number of likely N-dealkylation sites (tertiary alicyclic amines) is 1. The van der Waals surface area contributed by atoms with Crippen molar-refractivity contribution in [1.29, 1.82) is 0 Å². The van der Waals surface area contributed by atoms with Crippen molar-refractivity contribution in [3.05, 3.63) is 53.4 Å². The number of piperidine rings is 1. The first-order valence-electron chi connectivity index (χ1n) is 12.7. The zero-order chi connectivity index (χ0) is 27.4. The summed E-state index contributed by atoms with van der Waals surface area (Å²) in [5, 5.41) is 7.55. The number of morpholine rings is 1. The van der Waals surface area contributed by atoms with Crippen molar-refractivity contribution in [3.8, 4) is 17.1 Å². The van der Waals surface area contributed by atoms with Gasteiger partial charge >= 0.3 is 0 Å². The lowest BCUT2D eigenvalue weighted by molar-refractivity contribution is -0.121. The lowest BCUT2D eigenvalue weighted by atomic mass is 9.97. The molecule has 2 aliphatic rings. The maximum atomic E-state index is 13.3. The van der Waals surface area contributed by atoms with Crippen molar-refractivity contribution in [1.82, 2.24) is 19.3 Å². The van der Waals surface area contributed by atoms with Gasteiger partial charge in [-0.2, -0.15) is 9.29 Å². The van der Waals surface area contributed by atoms with E-state index in [0.29, 0.717) is 60.9 Å². The van der Waals surface area contributed by atoms with E-state index in [-0.39, 0.29) is 29.8 Å². The van der Waals surface area contributed by atoms with Crippen LogP contribution in [0.1, 0.15) is 18.7 Å². The van der Waals surface area contributed by atoms with Crippen LogP contribution in [0.25, 0.3) is 11.4 Å². The van der Waals surface area contributed by atoms with Gasteiger partial charge in [-0.25, -0.2) is 8.42 Å². The number of carbonyl (C=O) groups is 1. The fraction of sp³-hybridized carbons (Fsp3) is 0.423. The first-order valence-corrected chi connectivity index (χ1v) is 14.5. The molecule has 1 atom stereocenters. The molecule has 1 aromatic heterocycles. The molecule has 11 nitrogen and oxygen atoms in total. The van der Waals surface area contributed by atoms with E-state index < -0.39 is 10.0 Å². The highest BCUT2D eigenvalue weighted by molar-refractivity contribution is 7.89. The predicted molar refractivity (Wildman–Crippen MR) is 144 cm³/mol. The van der Waals surface area contributed by atoms with E-state index >= 15 is 0 Å². The number of nitrogens with one attached hydrogen (secondary N) is 1. The summed E-state index contributed by atoms with van der Waals surface area (Å²) in [5.74, 6) is 0.783. The smallest absolute Gasteiger partial charge is 0.243 e. The van der Waals surface area contributed by atoms with Crippen LogP contribution in [0.4, 0.5) is 5.69 Å². The lowest BCUT2D eigenvalue weighted by Gasteiger charge is -2.31. The highest BCUT2D eigenvalue weighted by atomic mass is 35.5. The van der Waals surface area contributed by atoms with E-state index in [1.165, 1.54) is 23.5 Å². The topological polar surface area (TPSA) is 127 Å². The van der Waals surface area contributed by atoms with Crippen LogP contribution >= 0.6 is 11.6 Å². The molecular weight excluding hydrogens is 546 g/mol. The number of rotatable bonds is 8. The molecule has 3 heterocycles. The fourth-order valence-corrected chi connectivity index (χ4v) is 6.41. The Morgan fingerprint density at radius 2 is 2.00 bits per heavy atom. The van der Waals surface area contributed by atoms with Gasteiger partial charge in [-0.1, -0.05) is 28.9 Å². The molecule has 0 saturated carbocycles. The van der Waals surface area contributed by atoms with Crippen molar-refractivity contribution < 1.29 is 27.2 Å². The van der Waals surface area contributed by atoms with Crippen molar-refractivity contribution in [3.63, 3.8) is 0 Å². The first-order chi connectivity index (χ1) is 18.8. The van der Waals surface area contributed by atoms with E-state index in [2.05, 4.69) is 20.4 Å². The summed E-state index contributed by atoms with van der Waals surface area (Å²) < 4.78 is 43.8. The van der Waals surface area contributed by atoms with Crippen LogP contribution in [0.5, 0.6) is 5.75 Å². The third kappa shape index (κ3) is 6.42. The molecule has 0 radical (unpaired) electrons. The van der Waals surface area contributed by atoms with Gasteiger partial charge in [0.1, 0.15) is 5.75 Å². The van der Waals surface area contributed by atoms with Crippen LogP contribution in [0.2, 0.25) is 5.02 Å². The Kier molecular flexibility index (Phi) is 8.48. The van der Waals surface area contributed by atoms with E-state index in [4.69, 9.17) is 25.6 Å². The van der Waals surface area contributed by atoms with Crippen molar-refractivity contribution in [2.24, 2.45) is 5.92 Å². The number of hydrogen-bond donors (Lipinski definition) is 1.